The van der Waals surface area contributed by atoms with Crippen molar-refractivity contribution in [2.24, 2.45) is 5.92 Å². The lowest BCUT2D eigenvalue weighted by molar-refractivity contribution is -0.123. The fourth-order valence-corrected chi connectivity index (χ4v) is 3.31. The first kappa shape index (κ1) is 15.9. The summed E-state index contributed by atoms with van der Waals surface area (Å²) in [7, 11) is 0. The minimum atomic E-state index is -0.236. The van der Waals surface area contributed by atoms with E-state index in [1.54, 1.807) is 12.3 Å². The van der Waals surface area contributed by atoms with Crippen LogP contribution in [0.15, 0.2) is 12.3 Å². The van der Waals surface area contributed by atoms with Gasteiger partial charge >= 0.3 is 0 Å². The van der Waals surface area contributed by atoms with Gasteiger partial charge < -0.3 is 15.4 Å². The lowest BCUT2D eigenvalue weighted by Gasteiger charge is -2.47. The summed E-state index contributed by atoms with van der Waals surface area (Å²) < 4.78 is 5.64. The normalized spacial score (nSPS) is 28.9. The van der Waals surface area contributed by atoms with Crippen molar-refractivity contribution in [3.8, 4) is 0 Å². The van der Waals surface area contributed by atoms with E-state index in [4.69, 9.17) is 4.74 Å². The van der Waals surface area contributed by atoms with Crippen molar-refractivity contribution in [1.29, 1.82) is 0 Å². The van der Waals surface area contributed by atoms with Gasteiger partial charge in [-0.05, 0) is 12.5 Å². The molecular weight excluding hydrogens is 296 g/mol. The summed E-state index contributed by atoms with van der Waals surface area (Å²) in [5.74, 6) is 0.701. The Bertz CT molecular complexity index is 619. The number of ether oxygens (including phenoxy) is 1. The first-order valence-corrected chi connectivity index (χ1v) is 8.00. The summed E-state index contributed by atoms with van der Waals surface area (Å²) >= 11 is 0. The van der Waals surface area contributed by atoms with Gasteiger partial charge in [-0.25, -0.2) is 9.97 Å². The summed E-state index contributed by atoms with van der Waals surface area (Å²) in [5.41, 5.74) is 0.354. The topological polar surface area (TPSA) is 93.2 Å². The van der Waals surface area contributed by atoms with Crippen LogP contribution in [0.1, 0.15) is 49.4 Å². The number of fused-ring (bicyclic) bond motifs is 1. The van der Waals surface area contributed by atoms with Gasteiger partial charge in [0.25, 0.3) is 5.91 Å². The number of nitrogens with one attached hydrogen (secondary N) is 2. The van der Waals surface area contributed by atoms with Gasteiger partial charge in [0.2, 0.25) is 5.91 Å². The van der Waals surface area contributed by atoms with Crippen LogP contribution in [0.2, 0.25) is 0 Å². The van der Waals surface area contributed by atoms with Crippen LogP contribution in [0.25, 0.3) is 0 Å². The molecule has 124 valence electrons. The van der Waals surface area contributed by atoms with Crippen LogP contribution in [0, 0.1) is 5.92 Å². The van der Waals surface area contributed by atoms with Gasteiger partial charge in [0, 0.05) is 31.6 Å². The molecule has 2 N–H and O–H groups in total. The molecule has 1 aliphatic carbocycles. The maximum Gasteiger partial charge on any atom is 0.270 e. The predicted octanol–water partition coefficient (Wildman–Crippen LogP) is 0.622. The Hall–Kier alpha value is -2.02. The fraction of sp³-hybridized carbons (Fsp3) is 0.625. The van der Waals surface area contributed by atoms with E-state index in [0.717, 1.165) is 6.42 Å². The van der Waals surface area contributed by atoms with E-state index in [-0.39, 0.29) is 41.8 Å². The maximum absolute atomic E-state index is 12.5. The molecule has 2 amide bonds. The van der Waals surface area contributed by atoms with Crippen molar-refractivity contribution in [2.45, 2.75) is 51.3 Å². The number of nitrogens with zero attached hydrogens (tertiary/aromatic N) is 2. The number of rotatable bonds is 4. The third-order valence-corrected chi connectivity index (χ3v) is 4.48. The highest BCUT2D eigenvalue weighted by atomic mass is 16.5. The van der Waals surface area contributed by atoms with E-state index >= 15 is 0 Å². The predicted molar refractivity (Wildman–Crippen MR) is 82.8 cm³/mol. The van der Waals surface area contributed by atoms with Gasteiger partial charge in [-0.3, -0.25) is 9.59 Å². The third-order valence-electron chi connectivity index (χ3n) is 4.48. The van der Waals surface area contributed by atoms with Gasteiger partial charge in [-0.15, -0.1) is 0 Å². The monoisotopic (exact) mass is 318 g/mol. The molecule has 0 unspecified atom stereocenters. The van der Waals surface area contributed by atoms with E-state index in [9.17, 15) is 9.59 Å². The van der Waals surface area contributed by atoms with Crippen molar-refractivity contribution in [3.63, 3.8) is 0 Å². The van der Waals surface area contributed by atoms with Crippen LogP contribution >= 0.6 is 0 Å². The van der Waals surface area contributed by atoms with Crippen LogP contribution in [-0.2, 0) is 9.53 Å². The molecule has 1 saturated heterocycles. The van der Waals surface area contributed by atoms with Crippen LogP contribution in [0.4, 0.5) is 0 Å². The minimum absolute atomic E-state index is 0.000763. The van der Waals surface area contributed by atoms with Crippen molar-refractivity contribution in [1.82, 2.24) is 20.6 Å². The molecule has 7 heteroatoms. The zero-order chi connectivity index (χ0) is 16.6. The molecule has 1 aromatic heterocycles. The summed E-state index contributed by atoms with van der Waals surface area (Å²) in [5, 5.41) is 5.88. The Kier molecular flexibility index (Phi) is 4.30. The Balaban J connectivity index is 1.71. The van der Waals surface area contributed by atoms with Gasteiger partial charge in [0.1, 0.15) is 11.5 Å². The van der Waals surface area contributed by atoms with Crippen LogP contribution in [0.5, 0.6) is 0 Å². The second-order valence-electron chi connectivity index (χ2n) is 6.47. The van der Waals surface area contributed by atoms with E-state index in [1.165, 1.54) is 6.92 Å². The molecule has 23 heavy (non-hydrogen) atoms. The number of amides is 2. The lowest BCUT2D eigenvalue weighted by Crippen LogP contribution is -2.70. The molecule has 2 heterocycles. The molecule has 3 rings (SSSR count). The zero-order valence-corrected chi connectivity index (χ0v) is 13.6. The minimum Gasteiger partial charge on any atom is -0.376 e. The lowest BCUT2D eigenvalue weighted by atomic mass is 9.71. The number of aromatic nitrogens is 2. The summed E-state index contributed by atoms with van der Waals surface area (Å²) in [4.78, 5) is 32.3. The summed E-state index contributed by atoms with van der Waals surface area (Å²) in [6, 6.07) is 1.32. The molecule has 2 aliphatic rings. The third kappa shape index (κ3) is 3.06. The van der Waals surface area contributed by atoms with E-state index in [1.807, 2.05) is 13.8 Å². The second kappa shape index (κ2) is 6.23. The number of carbonyl (C=O) groups is 2. The quantitative estimate of drug-likeness (QED) is 0.849. The molecule has 4 atom stereocenters. The highest BCUT2D eigenvalue weighted by molar-refractivity contribution is 5.92. The Morgan fingerprint density at radius 3 is 2.78 bits per heavy atom. The van der Waals surface area contributed by atoms with Crippen LogP contribution in [-0.4, -0.2) is 46.6 Å². The molecular formula is C16H22N4O3. The molecule has 0 spiro atoms. The average molecular weight is 318 g/mol. The molecule has 2 fully saturated rings. The SMILES string of the molecule is CC(=O)N[C@@H]1[C@@H](NC(=O)c2ccnc(C(C)C)n2)[C@H]2CCO[C@H]21. The molecule has 1 aromatic rings. The molecule has 0 radical (unpaired) electrons. The average Bonchev–Trinajstić information content (AvgIpc) is 2.94. The largest absolute Gasteiger partial charge is 0.376 e. The maximum atomic E-state index is 12.5. The van der Waals surface area contributed by atoms with Gasteiger partial charge in [-0.1, -0.05) is 13.8 Å². The van der Waals surface area contributed by atoms with Crippen molar-refractivity contribution in [3.05, 3.63) is 23.8 Å². The van der Waals surface area contributed by atoms with Gasteiger partial charge in [-0.2, -0.15) is 0 Å². The highest BCUT2D eigenvalue weighted by Gasteiger charge is 2.55. The van der Waals surface area contributed by atoms with E-state index < -0.39 is 0 Å². The fourth-order valence-electron chi connectivity index (χ4n) is 3.31. The zero-order valence-electron chi connectivity index (χ0n) is 13.6. The second-order valence-corrected chi connectivity index (χ2v) is 6.47. The molecule has 0 aromatic carbocycles. The smallest absolute Gasteiger partial charge is 0.270 e. The highest BCUT2D eigenvalue weighted by Crippen LogP contribution is 2.39. The first-order chi connectivity index (χ1) is 11.0. The van der Waals surface area contributed by atoms with Crippen LogP contribution in [0.3, 0.4) is 0 Å². The summed E-state index contributed by atoms with van der Waals surface area (Å²) in [6.07, 6.45) is 2.50. The van der Waals surface area contributed by atoms with Gasteiger partial charge in [0.15, 0.2) is 0 Å². The molecule has 0 bridgehead atoms. The standard InChI is InChI=1S/C16H22N4O3/c1-8(2)15-17-6-4-11(19-15)16(22)20-12-10-5-7-23-14(10)13(12)18-9(3)21/h4,6,8,10,12-14H,5,7H2,1-3H3,(H,18,21)(H,20,22)/t10-,12+,13-,14-/m1/s1. The number of carbonyl (C=O) groups excluding carboxylic acids is 2. The van der Waals surface area contributed by atoms with Crippen molar-refractivity contribution < 1.29 is 14.3 Å². The van der Waals surface area contributed by atoms with E-state index in [0.29, 0.717) is 18.1 Å². The van der Waals surface area contributed by atoms with Gasteiger partial charge in [0.05, 0.1) is 18.2 Å². The molecule has 1 saturated carbocycles. The number of hydrogen-bond acceptors (Lipinski definition) is 5. The van der Waals surface area contributed by atoms with Crippen molar-refractivity contribution >= 4 is 11.8 Å². The Morgan fingerprint density at radius 1 is 1.30 bits per heavy atom. The first-order valence-electron chi connectivity index (χ1n) is 8.00. The summed E-state index contributed by atoms with van der Waals surface area (Å²) in [6.45, 7) is 6.11. The Morgan fingerprint density at radius 2 is 2.09 bits per heavy atom. The Labute approximate surface area is 135 Å². The van der Waals surface area contributed by atoms with E-state index in [2.05, 4.69) is 20.6 Å². The molecule has 7 nitrogen and oxygen atoms in total. The molecule has 1 aliphatic heterocycles. The van der Waals surface area contributed by atoms with Crippen molar-refractivity contribution in [2.75, 3.05) is 6.61 Å². The van der Waals surface area contributed by atoms with Crippen LogP contribution < -0.4 is 10.6 Å². The number of hydrogen-bond donors (Lipinski definition) is 2.